The van der Waals surface area contributed by atoms with Crippen LogP contribution in [0.5, 0.6) is 0 Å². The molecule has 0 saturated carbocycles. The summed E-state index contributed by atoms with van der Waals surface area (Å²) in [7, 11) is 0. The van der Waals surface area contributed by atoms with Crippen LogP contribution in [0.15, 0.2) is 55.0 Å². The molecule has 35 heavy (non-hydrogen) atoms. The number of aromatic amines is 1. The molecular formula is C28H33F2N5. The van der Waals surface area contributed by atoms with E-state index < -0.39 is 0 Å². The van der Waals surface area contributed by atoms with Crippen molar-refractivity contribution >= 4 is 16.6 Å². The third-order valence-electron chi connectivity index (χ3n) is 6.90. The zero-order valence-electron chi connectivity index (χ0n) is 20.7. The second-order valence-corrected chi connectivity index (χ2v) is 10.4. The maximum Gasteiger partial charge on any atom is 0.123 e. The van der Waals surface area contributed by atoms with Gasteiger partial charge in [-0.2, -0.15) is 5.10 Å². The van der Waals surface area contributed by atoms with Crippen molar-refractivity contribution in [2.45, 2.75) is 39.2 Å². The first-order valence-electron chi connectivity index (χ1n) is 12.4. The second-order valence-electron chi connectivity index (χ2n) is 10.4. The number of nitrogens with one attached hydrogen (secondary N) is 1. The van der Waals surface area contributed by atoms with Crippen LogP contribution in [0, 0.1) is 11.6 Å². The topological polar surface area (TPSA) is 40.1 Å². The number of anilines is 1. The summed E-state index contributed by atoms with van der Waals surface area (Å²) < 4.78 is 29.8. The van der Waals surface area contributed by atoms with Crippen LogP contribution in [-0.4, -0.2) is 52.4 Å². The predicted molar refractivity (Wildman–Crippen MR) is 138 cm³/mol. The third kappa shape index (κ3) is 5.10. The number of benzene rings is 2. The van der Waals surface area contributed by atoms with Crippen LogP contribution >= 0.6 is 0 Å². The van der Waals surface area contributed by atoms with Crippen molar-refractivity contribution in [2.75, 3.05) is 37.6 Å². The summed E-state index contributed by atoms with van der Waals surface area (Å²) in [5.74, 6) is -0.427. The number of fused-ring (bicyclic) bond motifs is 1. The van der Waals surface area contributed by atoms with Gasteiger partial charge in [-0.25, -0.2) is 8.78 Å². The first-order chi connectivity index (χ1) is 16.8. The van der Waals surface area contributed by atoms with Gasteiger partial charge in [-0.05, 0) is 82.1 Å². The second kappa shape index (κ2) is 9.46. The molecule has 5 rings (SSSR count). The molecule has 3 heterocycles. The SMILES string of the molecule is CC(C)(C)n1cc(-c2cc(F)ccc2N2CCN(CCCc3c[nH]c4ccc(F)cc34)CC2)cn1. The number of piperazine rings is 1. The molecule has 1 aliphatic rings. The molecule has 1 fully saturated rings. The number of aromatic nitrogens is 3. The summed E-state index contributed by atoms with van der Waals surface area (Å²) in [6.07, 6.45) is 7.78. The highest BCUT2D eigenvalue weighted by Gasteiger charge is 2.22. The molecule has 5 nitrogen and oxygen atoms in total. The Hall–Kier alpha value is -3.19. The van der Waals surface area contributed by atoms with Gasteiger partial charge in [0, 0.05) is 66.3 Å². The average Bonchev–Trinajstić information content (AvgIpc) is 3.47. The number of nitrogens with zero attached hydrogens (tertiary/aromatic N) is 4. The third-order valence-corrected chi connectivity index (χ3v) is 6.90. The largest absolute Gasteiger partial charge is 0.368 e. The minimum atomic E-state index is -0.233. The Bertz CT molecular complexity index is 1310. The maximum atomic E-state index is 14.2. The van der Waals surface area contributed by atoms with Gasteiger partial charge in [0.2, 0.25) is 0 Å². The molecule has 4 aromatic rings. The van der Waals surface area contributed by atoms with E-state index in [0.29, 0.717) is 0 Å². The summed E-state index contributed by atoms with van der Waals surface area (Å²) >= 11 is 0. The van der Waals surface area contributed by atoms with E-state index in [9.17, 15) is 8.78 Å². The molecule has 0 atom stereocenters. The lowest BCUT2D eigenvalue weighted by Crippen LogP contribution is -2.46. The molecule has 0 aliphatic carbocycles. The number of rotatable bonds is 6. The van der Waals surface area contributed by atoms with Crippen molar-refractivity contribution in [3.63, 3.8) is 0 Å². The zero-order chi connectivity index (χ0) is 24.6. The quantitative estimate of drug-likeness (QED) is 0.380. The summed E-state index contributed by atoms with van der Waals surface area (Å²) in [6, 6.07) is 9.96. The molecule has 0 amide bonds. The molecule has 2 aromatic heterocycles. The molecule has 7 heteroatoms. The highest BCUT2D eigenvalue weighted by molar-refractivity contribution is 5.83. The monoisotopic (exact) mass is 477 g/mol. The van der Waals surface area contributed by atoms with E-state index in [1.54, 1.807) is 24.3 Å². The van der Waals surface area contributed by atoms with E-state index in [0.717, 1.165) is 73.3 Å². The molecule has 184 valence electrons. The van der Waals surface area contributed by atoms with Gasteiger partial charge in [0.15, 0.2) is 0 Å². The van der Waals surface area contributed by atoms with Crippen molar-refractivity contribution in [2.24, 2.45) is 0 Å². The standard InChI is InChI=1S/C28H33F2N5/c1-28(2,3)35-19-21(18-32-35)25-16-23(30)7-9-27(25)34-13-11-33(12-14-34)10-4-5-20-17-31-26-8-6-22(29)15-24(20)26/h6-9,15-19,31H,4-5,10-14H2,1-3H3. The van der Waals surface area contributed by atoms with Gasteiger partial charge in [-0.3, -0.25) is 9.58 Å². The number of H-pyrrole nitrogens is 1. The van der Waals surface area contributed by atoms with E-state index in [4.69, 9.17) is 0 Å². The van der Waals surface area contributed by atoms with E-state index >= 15 is 0 Å². The fourth-order valence-corrected chi connectivity index (χ4v) is 4.91. The van der Waals surface area contributed by atoms with Gasteiger partial charge in [0.05, 0.1) is 11.7 Å². The first kappa shape index (κ1) is 23.5. The van der Waals surface area contributed by atoms with E-state index in [2.05, 4.69) is 40.7 Å². The van der Waals surface area contributed by atoms with Crippen LogP contribution in [0.3, 0.4) is 0 Å². The highest BCUT2D eigenvalue weighted by Crippen LogP contribution is 2.33. The molecule has 0 unspecified atom stereocenters. The van der Waals surface area contributed by atoms with Crippen molar-refractivity contribution < 1.29 is 8.78 Å². The molecule has 2 aromatic carbocycles. The van der Waals surface area contributed by atoms with Gasteiger partial charge >= 0.3 is 0 Å². The minimum absolute atomic E-state index is 0.127. The number of aryl methyl sites for hydroxylation is 1. The lowest BCUT2D eigenvalue weighted by Gasteiger charge is -2.37. The van der Waals surface area contributed by atoms with Crippen molar-refractivity contribution in [1.82, 2.24) is 19.7 Å². The Kier molecular flexibility index (Phi) is 6.36. The Morgan fingerprint density at radius 3 is 2.46 bits per heavy atom. The number of hydrogen-bond acceptors (Lipinski definition) is 3. The van der Waals surface area contributed by atoms with Crippen LogP contribution in [0.2, 0.25) is 0 Å². The Labute approximate surface area is 205 Å². The molecule has 1 saturated heterocycles. The average molecular weight is 478 g/mol. The lowest BCUT2D eigenvalue weighted by molar-refractivity contribution is 0.255. The fraction of sp³-hybridized carbons (Fsp3) is 0.393. The van der Waals surface area contributed by atoms with Gasteiger partial charge in [0.1, 0.15) is 11.6 Å². The summed E-state index contributed by atoms with van der Waals surface area (Å²) in [4.78, 5) is 8.07. The van der Waals surface area contributed by atoms with Crippen molar-refractivity contribution in [1.29, 1.82) is 0 Å². The Morgan fingerprint density at radius 1 is 0.971 bits per heavy atom. The van der Waals surface area contributed by atoms with Gasteiger partial charge in [-0.1, -0.05) is 0 Å². The zero-order valence-corrected chi connectivity index (χ0v) is 20.7. The maximum absolute atomic E-state index is 14.2. The normalized spacial score (nSPS) is 15.3. The molecule has 0 spiro atoms. The van der Waals surface area contributed by atoms with Crippen LogP contribution < -0.4 is 4.90 Å². The Morgan fingerprint density at radius 2 is 1.71 bits per heavy atom. The van der Waals surface area contributed by atoms with Crippen LogP contribution in [0.25, 0.3) is 22.0 Å². The molecular weight excluding hydrogens is 444 g/mol. The van der Waals surface area contributed by atoms with Gasteiger partial charge < -0.3 is 9.88 Å². The number of hydrogen-bond donors (Lipinski definition) is 1. The van der Waals surface area contributed by atoms with E-state index in [1.807, 2.05) is 29.3 Å². The molecule has 1 N–H and O–H groups in total. The summed E-state index contributed by atoms with van der Waals surface area (Å²) in [5, 5.41) is 5.49. The molecule has 1 aliphatic heterocycles. The summed E-state index contributed by atoms with van der Waals surface area (Å²) in [6.45, 7) is 11.0. The molecule has 0 bridgehead atoms. The fourth-order valence-electron chi connectivity index (χ4n) is 4.91. The summed E-state index contributed by atoms with van der Waals surface area (Å²) in [5.41, 5.74) is 4.91. The van der Waals surface area contributed by atoms with E-state index in [-0.39, 0.29) is 17.2 Å². The minimum Gasteiger partial charge on any atom is -0.368 e. The van der Waals surface area contributed by atoms with Crippen LogP contribution in [0.1, 0.15) is 32.8 Å². The highest BCUT2D eigenvalue weighted by atomic mass is 19.1. The predicted octanol–water partition coefficient (Wildman–Crippen LogP) is 5.82. The first-order valence-corrected chi connectivity index (χ1v) is 12.4. The van der Waals surface area contributed by atoms with E-state index in [1.165, 1.54) is 11.6 Å². The number of halogens is 2. The van der Waals surface area contributed by atoms with Crippen molar-refractivity contribution in [3.05, 3.63) is 72.2 Å². The van der Waals surface area contributed by atoms with Gasteiger partial charge in [0.25, 0.3) is 0 Å². The Balaban J connectivity index is 1.21. The van der Waals surface area contributed by atoms with Crippen LogP contribution in [0.4, 0.5) is 14.5 Å². The van der Waals surface area contributed by atoms with Gasteiger partial charge in [-0.15, -0.1) is 0 Å². The molecule has 0 radical (unpaired) electrons. The van der Waals surface area contributed by atoms with Crippen LogP contribution in [-0.2, 0) is 12.0 Å². The lowest BCUT2D eigenvalue weighted by atomic mass is 10.0. The smallest absolute Gasteiger partial charge is 0.123 e. The van der Waals surface area contributed by atoms with Crippen molar-refractivity contribution in [3.8, 4) is 11.1 Å².